The molecule has 8 heteroatoms. The van der Waals surface area contributed by atoms with Crippen molar-refractivity contribution in [1.82, 2.24) is 0 Å². The molecule has 0 aliphatic carbocycles. The number of ether oxygens (including phenoxy) is 1. The Balaban J connectivity index is 2.49. The van der Waals surface area contributed by atoms with E-state index < -0.39 is 28.0 Å². The number of nitro benzene ring substituents is 1. The summed E-state index contributed by atoms with van der Waals surface area (Å²) in [6, 6.07) is 6.76. The molecule has 0 aliphatic rings. The van der Waals surface area contributed by atoms with E-state index in [4.69, 9.17) is 10.00 Å². The van der Waals surface area contributed by atoms with Crippen LogP contribution in [0.25, 0.3) is 0 Å². The molecule has 0 N–H and O–H groups in total. The van der Waals surface area contributed by atoms with Crippen LogP contribution in [0.4, 0.5) is 14.5 Å². The van der Waals surface area contributed by atoms with E-state index in [1.807, 2.05) is 0 Å². The Morgan fingerprint density at radius 2 is 1.95 bits per heavy atom. The molecular formula is C13H5BrF2N2O3. The lowest BCUT2D eigenvalue weighted by Crippen LogP contribution is -1.96. The summed E-state index contributed by atoms with van der Waals surface area (Å²) >= 11 is 2.88. The molecule has 0 atom stereocenters. The zero-order valence-electron chi connectivity index (χ0n) is 10.1. The summed E-state index contributed by atoms with van der Waals surface area (Å²) in [5.41, 5.74) is -0.468. The van der Waals surface area contributed by atoms with Crippen LogP contribution in [0.3, 0.4) is 0 Å². The number of halogens is 3. The third kappa shape index (κ3) is 2.98. The normalized spacial score (nSPS) is 10.0. The van der Waals surface area contributed by atoms with Crippen LogP contribution < -0.4 is 4.74 Å². The van der Waals surface area contributed by atoms with Crippen molar-refractivity contribution in [2.75, 3.05) is 0 Å². The summed E-state index contributed by atoms with van der Waals surface area (Å²) in [5.74, 6) is -2.47. The minimum Gasteiger partial charge on any atom is -0.447 e. The van der Waals surface area contributed by atoms with Crippen molar-refractivity contribution in [3.05, 3.63) is 62.1 Å². The lowest BCUT2D eigenvalue weighted by molar-refractivity contribution is -0.385. The van der Waals surface area contributed by atoms with Gasteiger partial charge in [-0.05, 0) is 34.1 Å². The first-order valence-electron chi connectivity index (χ1n) is 5.44. The van der Waals surface area contributed by atoms with E-state index in [9.17, 15) is 18.9 Å². The average molecular weight is 355 g/mol. The Morgan fingerprint density at radius 3 is 2.57 bits per heavy atom. The molecule has 106 valence electrons. The Labute approximate surface area is 125 Å². The Kier molecular flexibility index (Phi) is 4.14. The van der Waals surface area contributed by atoms with Gasteiger partial charge in [0, 0.05) is 12.1 Å². The molecule has 0 aromatic heterocycles. The summed E-state index contributed by atoms with van der Waals surface area (Å²) in [4.78, 5) is 10.1. The Hall–Kier alpha value is -2.53. The minimum absolute atomic E-state index is 0.0357. The lowest BCUT2D eigenvalue weighted by atomic mass is 10.2. The fourth-order valence-corrected chi connectivity index (χ4v) is 1.95. The van der Waals surface area contributed by atoms with Gasteiger partial charge in [-0.15, -0.1) is 0 Å². The van der Waals surface area contributed by atoms with E-state index in [-0.39, 0.29) is 15.8 Å². The standard InChI is InChI=1S/C13H5BrF2N2O3/c14-12-7(6-17)1-4-10(13(12)16)21-11-5-8(15)2-3-9(11)18(19)20/h1-5H. The van der Waals surface area contributed by atoms with E-state index in [1.165, 1.54) is 6.07 Å². The third-order valence-electron chi connectivity index (χ3n) is 2.51. The maximum absolute atomic E-state index is 14.0. The fourth-order valence-electron chi connectivity index (χ4n) is 1.54. The van der Waals surface area contributed by atoms with Crippen LogP contribution >= 0.6 is 15.9 Å². The smallest absolute Gasteiger partial charge is 0.311 e. The third-order valence-corrected chi connectivity index (χ3v) is 3.28. The van der Waals surface area contributed by atoms with Crippen molar-refractivity contribution in [1.29, 1.82) is 5.26 Å². The SMILES string of the molecule is N#Cc1ccc(Oc2cc(F)ccc2[N+](=O)[O-])c(F)c1Br. The van der Waals surface area contributed by atoms with E-state index >= 15 is 0 Å². The minimum atomic E-state index is -0.910. The van der Waals surface area contributed by atoms with Crippen LogP contribution in [-0.2, 0) is 0 Å². The monoisotopic (exact) mass is 354 g/mol. The molecule has 0 fully saturated rings. The molecule has 0 unspecified atom stereocenters. The number of hydrogen-bond acceptors (Lipinski definition) is 4. The second kappa shape index (κ2) is 5.85. The topological polar surface area (TPSA) is 76.2 Å². The van der Waals surface area contributed by atoms with Crippen molar-refractivity contribution >= 4 is 21.6 Å². The lowest BCUT2D eigenvalue weighted by Gasteiger charge is -2.09. The number of benzene rings is 2. The molecule has 0 heterocycles. The van der Waals surface area contributed by atoms with Gasteiger partial charge in [-0.25, -0.2) is 8.78 Å². The van der Waals surface area contributed by atoms with Gasteiger partial charge in [0.25, 0.3) is 0 Å². The van der Waals surface area contributed by atoms with Crippen molar-refractivity contribution in [3.63, 3.8) is 0 Å². The predicted molar refractivity (Wildman–Crippen MR) is 71.9 cm³/mol. The van der Waals surface area contributed by atoms with Crippen molar-refractivity contribution in [2.24, 2.45) is 0 Å². The van der Waals surface area contributed by atoms with Gasteiger partial charge in [-0.3, -0.25) is 10.1 Å². The zero-order valence-corrected chi connectivity index (χ0v) is 11.7. The van der Waals surface area contributed by atoms with Crippen LogP contribution in [0.1, 0.15) is 5.56 Å². The summed E-state index contributed by atoms with van der Waals surface area (Å²) in [5, 5.41) is 19.6. The van der Waals surface area contributed by atoms with Crippen LogP contribution in [0, 0.1) is 33.1 Å². The van der Waals surface area contributed by atoms with Gasteiger partial charge in [-0.2, -0.15) is 5.26 Å². The van der Waals surface area contributed by atoms with Gasteiger partial charge in [0.15, 0.2) is 11.6 Å². The molecule has 0 saturated heterocycles. The molecule has 0 saturated carbocycles. The first kappa shape index (κ1) is 14.9. The van der Waals surface area contributed by atoms with Gasteiger partial charge >= 0.3 is 5.69 Å². The summed E-state index contributed by atoms with van der Waals surface area (Å²) < 4.78 is 32.1. The maximum atomic E-state index is 14.0. The first-order chi connectivity index (χ1) is 9.93. The number of nitro groups is 1. The Bertz CT molecular complexity index is 775. The second-order valence-electron chi connectivity index (χ2n) is 3.82. The number of hydrogen-bond donors (Lipinski definition) is 0. The van der Waals surface area contributed by atoms with E-state index in [2.05, 4.69) is 15.9 Å². The van der Waals surface area contributed by atoms with Crippen LogP contribution in [0.2, 0.25) is 0 Å². The number of nitriles is 1. The molecule has 0 spiro atoms. The zero-order chi connectivity index (χ0) is 15.6. The summed E-state index contributed by atoms with van der Waals surface area (Å²) in [6.07, 6.45) is 0. The average Bonchev–Trinajstić information content (AvgIpc) is 2.44. The highest BCUT2D eigenvalue weighted by atomic mass is 79.9. The van der Waals surface area contributed by atoms with Gasteiger partial charge in [0.1, 0.15) is 11.9 Å². The van der Waals surface area contributed by atoms with E-state index in [0.717, 1.165) is 24.3 Å². The van der Waals surface area contributed by atoms with Gasteiger partial charge in [0.2, 0.25) is 5.75 Å². The molecule has 2 aromatic carbocycles. The molecule has 2 aromatic rings. The molecule has 0 bridgehead atoms. The van der Waals surface area contributed by atoms with Crippen molar-refractivity contribution in [3.8, 4) is 17.6 Å². The molecule has 0 radical (unpaired) electrons. The quantitative estimate of drug-likeness (QED) is 0.608. The highest BCUT2D eigenvalue weighted by molar-refractivity contribution is 9.10. The van der Waals surface area contributed by atoms with Crippen LogP contribution in [-0.4, -0.2) is 4.92 Å². The summed E-state index contributed by atoms with van der Waals surface area (Å²) in [6.45, 7) is 0. The highest BCUT2D eigenvalue weighted by Gasteiger charge is 2.20. The van der Waals surface area contributed by atoms with Crippen LogP contribution in [0.5, 0.6) is 11.5 Å². The number of nitrogens with zero attached hydrogens (tertiary/aromatic N) is 2. The van der Waals surface area contributed by atoms with Gasteiger partial charge < -0.3 is 4.74 Å². The van der Waals surface area contributed by atoms with Crippen molar-refractivity contribution in [2.45, 2.75) is 0 Å². The maximum Gasteiger partial charge on any atom is 0.311 e. The summed E-state index contributed by atoms with van der Waals surface area (Å²) in [7, 11) is 0. The van der Waals surface area contributed by atoms with E-state index in [0.29, 0.717) is 0 Å². The fraction of sp³-hybridized carbons (Fsp3) is 0. The van der Waals surface area contributed by atoms with Gasteiger partial charge in [0.05, 0.1) is 15.0 Å². The van der Waals surface area contributed by atoms with E-state index in [1.54, 1.807) is 6.07 Å². The molecule has 21 heavy (non-hydrogen) atoms. The highest BCUT2D eigenvalue weighted by Crippen LogP contribution is 2.35. The second-order valence-corrected chi connectivity index (χ2v) is 4.62. The molecule has 5 nitrogen and oxygen atoms in total. The molecule has 0 amide bonds. The first-order valence-corrected chi connectivity index (χ1v) is 6.23. The number of rotatable bonds is 3. The molecule has 0 aliphatic heterocycles. The van der Waals surface area contributed by atoms with Gasteiger partial charge in [-0.1, -0.05) is 0 Å². The van der Waals surface area contributed by atoms with Crippen LogP contribution in [0.15, 0.2) is 34.8 Å². The molecular weight excluding hydrogens is 350 g/mol. The predicted octanol–water partition coefficient (Wildman–Crippen LogP) is 4.30. The van der Waals surface area contributed by atoms with Crippen molar-refractivity contribution < 1.29 is 18.4 Å². The molecule has 2 rings (SSSR count). The largest absolute Gasteiger partial charge is 0.447 e. The Morgan fingerprint density at radius 1 is 1.24 bits per heavy atom.